The van der Waals surface area contributed by atoms with E-state index in [1.807, 2.05) is 0 Å². The van der Waals surface area contributed by atoms with Crippen LogP contribution in [-0.4, -0.2) is 60.3 Å². The topological polar surface area (TPSA) is 243 Å². The van der Waals surface area contributed by atoms with E-state index < -0.39 is 41.5 Å². The molecule has 0 aliphatic carbocycles. The number of hydrogen-bond acceptors (Lipinski definition) is 14. The van der Waals surface area contributed by atoms with Gasteiger partial charge in [0.25, 0.3) is 20.2 Å². The van der Waals surface area contributed by atoms with E-state index in [9.17, 15) is 36.2 Å². The van der Waals surface area contributed by atoms with Crippen molar-refractivity contribution in [2.24, 2.45) is 20.5 Å². The van der Waals surface area contributed by atoms with Gasteiger partial charge >= 0.3 is 29.6 Å². The number of phenols is 2. The first-order valence-corrected chi connectivity index (χ1v) is 17.0. The summed E-state index contributed by atoms with van der Waals surface area (Å²) in [5.41, 5.74) is 0.975. The fourth-order valence-corrected chi connectivity index (χ4v) is 6.51. The minimum atomic E-state index is -4.69. The molecule has 4 aromatic carbocycles. The van der Waals surface area contributed by atoms with Gasteiger partial charge in [-0.25, -0.2) is 0 Å². The van der Waals surface area contributed by atoms with Gasteiger partial charge in [0.1, 0.15) is 43.7 Å². The smallest absolute Gasteiger partial charge is 0.504 e. The SMILES string of the molecule is COc1cc(N=Nc2cc(S(=O)(=O)O)c3cccnc3c2O)ccc1-c1ccc(N=Nc2cc(S(=O)(=O)O)c3cccnc3c2O)cc1OC.[Na+]. The number of aromatic nitrogens is 2. The molecule has 0 spiro atoms. The zero-order valence-corrected chi connectivity index (χ0v) is 30.5. The number of benzene rings is 4. The molecule has 4 N–H and O–H groups in total. The second-order valence-corrected chi connectivity index (χ2v) is 13.2. The minimum Gasteiger partial charge on any atom is -0.504 e. The van der Waals surface area contributed by atoms with Crippen LogP contribution >= 0.6 is 0 Å². The molecule has 51 heavy (non-hydrogen) atoms. The van der Waals surface area contributed by atoms with Gasteiger partial charge in [-0.05, 0) is 60.7 Å². The molecule has 0 fully saturated rings. The molecule has 0 bridgehead atoms. The number of ether oxygens (including phenoxy) is 2. The Hall–Kier alpha value is -5.08. The van der Waals surface area contributed by atoms with E-state index >= 15 is 0 Å². The number of hydrogen-bond donors (Lipinski definition) is 4. The molecule has 0 saturated carbocycles. The summed E-state index contributed by atoms with van der Waals surface area (Å²) in [7, 11) is -6.51. The summed E-state index contributed by atoms with van der Waals surface area (Å²) < 4.78 is 78.7. The molecule has 6 aromatic rings. The summed E-state index contributed by atoms with van der Waals surface area (Å²) in [6, 6.07) is 17.2. The fourth-order valence-electron chi connectivity index (χ4n) is 5.10. The average molecular weight is 740 g/mol. The van der Waals surface area contributed by atoms with Crippen molar-refractivity contribution in [1.29, 1.82) is 0 Å². The zero-order chi connectivity index (χ0) is 35.8. The van der Waals surface area contributed by atoms with Crippen molar-refractivity contribution >= 4 is 64.8 Å². The molecule has 6 rings (SSSR count). The predicted octanol–water partition coefficient (Wildman–Crippen LogP) is 4.21. The van der Waals surface area contributed by atoms with E-state index in [2.05, 4.69) is 30.4 Å². The van der Waals surface area contributed by atoms with Crippen molar-refractivity contribution in [3.63, 3.8) is 0 Å². The molecule has 254 valence electrons. The van der Waals surface area contributed by atoms with Crippen LogP contribution < -0.4 is 39.0 Å². The first-order chi connectivity index (χ1) is 23.8. The molecule has 16 nitrogen and oxygen atoms in total. The normalized spacial score (nSPS) is 12.1. The third-order valence-corrected chi connectivity index (χ3v) is 9.17. The number of nitrogens with zero attached hydrogens (tertiary/aromatic N) is 6. The van der Waals surface area contributed by atoms with Crippen LogP contribution in [0.25, 0.3) is 32.9 Å². The van der Waals surface area contributed by atoms with Crippen LogP contribution in [0, 0.1) is 0 Å². The van der Waals surface area contributed by atoms with Gasteiger partial charge in [0.05, 0.1) is 25.6 Å². The molecule has 0 unspecified atom stereocenters. The van der Waals surface area contributed by atoms with E-state index in [1.54, 1.807) is 24.3 Å². The summed E-state index contributed by atoms with van der Waals surface area (Å²) in [5, 5.41) is 37.6. The third kappa shape index (κ3) is 7.52. The van der Waals surface area contributed by atoms with Gasteiger partial charge in [0.2, 0.25) is 0 Å². The van der Waals surface area contributed by atoms with Crippen LogP contribution in [0.2, 0.25) is 0 Å². The first kappa shape index (κ1) is 37.2. The van der Waals surface area contributed by atoms with E-state index in [0.717, 1.165) is 12.1 Å². The summed E-state index contributed by atoms with van der Waals surface area (Å²) in [6.45, 7) is 0. The van der Waals surface area contributed by atoms with E-state index in [0.29, 0.717) is 22.6 Å². The molecule has 2 heterocycles. The predicted molar refractivity (Wildman–Crippen MR) is 180 cm³/mol. The maximum atomic E-state index is 12.0. The molecule has 0 amide bonds. The summed E-state index contributed by atoms with van der Waals surface area (Å²) >= 11 is 0. The fraction of sp³-hybridized carbons (Fsp3) is 0.0625. The van der Waals surface area contributed by atoms with Crippen molar-refractivity contribution in [3.05, 3.63) is 85.2 Å². The molecule has 0 aliphatic rings. The summed E-state index contributed by atoms with van der Waals surface area (Å²) in [4.78, 5) is 7.01. The number of phenolic OH excluding ortho intramolecular Hbond substituents is 2. The third-order valence-electron chi connectivity index (χ3n) is 7.38. The Kier molecular flexibility index (Phi) is 10.7. The summed E-state index contributed by atoms with van der Waals surface area (Å²) in [6.07, 6.45) is 2.69. The minimum absolute atomic E-state index is 0. The van der Waals surface area contributed by atoms with E-state index in [1.165, 1.54) is 63.0 Å². The van der Waals surface area contributed by atoms with E-state index in [4.69, 9.17) is 9.47 Å². The second-order valence-electron chi connectivity index (χ2n) is 10.4. The molecule has 0 radical (unpaired) electrons. The maximum absolute atomic E-state index is 12.0. The monoisotopic (exact) mass is 739 g/mol. The summed E-state index contributed by atoms with van der Waals surface area (Å²) in [5.74, 6) is -0.200. The Morgan fingerprint density at radius 3 is 1.33 bits per heavy atom. The number of fused-ring (bicyclic) bond motifs is 2. The van der Waals surface area contributed by atoms with Crippen LogP contribution in [0.3, 0.4) is 0 Å². The Balaban J connectivity index is 0.00000504. The number of aromatic hydroxyl groups is 2. The molecule has 19 heteroatoms. The number of methoxy groups -OCH3 is 2. The number of rotatable bonds is 9. The number of pyridine rings is 2. The molecular formula is C32H24N6NaO10S2+. The van der Waals surface area contributed by atoms with E-state index in [-0.39, 0.29) is 74.1 Å². The van der Waals surface area contributed by atoms with Crippen molar-refractivity contribution in [3.8, 4) is 34.1 Å². The number of azo groups is 2. The first-order valence-electron chi connectivity index (χ1n) is 14.2. The largest absolute Gasteiger partial charge is 1.00 e. The molecule has 0 saturated heterocycles. The van der Waals surface area contributed by atoms with Crippen LogP contribution in [0.15, 0.2) is 115 Å². The second kappa shape index (κ2) is 14.6. The average Bonchev–Trinajstić information content (AvgIpc) is 3.10. The van der Waals surface area contributed by atoms with Crippen LogP contribution in [0.4, 0.5) is 22.7 Å². The van der Waals surface area contributed by atoms with Gasteiger partial charge < -0.3 is 19.7 Å². The van der Waals surface area contributed by atoms with Gasteiger partial charge in [-0.3, -0.25) is 19.1 Å². The van der Waals surface area contributed by atoms with Gasteiger partial charge in [-0.2, -0.15) is 27.1 Å². The molecule has 0 aliphatic heterocycles. The molecule has 2 aromatic heterocycles. The van der Waals surface area contributed by atoms with Crippen molar-refractivity contribution < 1.29 is 75.2 Å². The van der Waals surface area contributed by atoms with Gasteiger partial charge in [0.15, 0.2) is 11.5 Å². The quantitative estimate of drug-likeness (QED) is 0.0926. The van der Waals surface area contributed by atoms with Gasteiger partial charge in [-0.15, -0.1) is 10.2 Å². The Bertz CT molecular complexity index is 2440. The Morgan fingerprint density at radius 1 is 0.588 bits per heavy atom. The Morgan fingerprint density at radius 2 is 0.980 bits per heavy atom. The Labute approximate surface area is 312 Å². The van der Waals surface area contributed by atoms with Gasteiger partial charge in [-0.1, -0.05) is 0 Å². The van der Waals surface area contributed by atoms with Crippen LogP contribution in [0.5, 0.6) is 23.0 Å². The van der Waals surface area contributed by atoms with Crippen molar-refractivity contribution in [2.45, 2.75) is 9.79 Å². The van der Waals surface area contributed by atoms with Crippen molar-refractivity contribution in [2.75, 3.05) is 14.2 Å². The zero-order valence-electron chi connectivity index (χ0n) is 26.8. The maximum Gasteiger partial charge on any atom is 1.00 e. The van der Waals surface area contributed by atoms with Crippen LogP contribution in [0.1, 0.15) is 0 Å². The molecular weight excluding hydrogens is 716 g/mol. The van der Waals surface area contributed by atoms with Gasteiger partial charge in [0, 0.05) is 46.4 Å². The van der Waals surface area contributed by atoms with Crippen molar-refractivity contribution in [1.82, 2.24) is 9.97 Å². The molecule has 0 atom stereocenters. The standard InChI is InChI=1S/C32H24N6O10S2.Na/c1-47-25-13-17(35-37-23-15-27(49(41,42)43)21-5-3-11-33-29(21)31(23)39)7-9-19(25)20-10-8-18(14-26(20)48-2)36-38-24-16-28(50(44,45)46)22-6-4-12-34-30(22)32(24)40;/h3-16,39-40H,1-2H3,(H,41,42,43)(H,44,45,46);/q;+1. The van der Waals surface area contributed by atoms with Crippen LogP contribution in [-0.2, 0) is 20.2 Å².